The Hall–Kier alpha value is -2.97. The Balaban J connectivity index is 1.47. The minimum absolute atomic E-state index is 0.00175. The Morgan fingerprint density at radius 2 is 2.13 bits per heavy atom. The highest BCUT2D eigenvalue weighted by atomic mass is 35.5. The molecule has 1 N–H and O–H groups in total. The van der Waals surface area contributed by atoms with Crippen LogP contribution < -0.4 is 10.2 Å². The highest BCUT2D eigenvalue weighted by Gasteiger charge is 2.27. The number of carbonyl (C=O) groups is 1. The second kappa shape index (κ2) is 9.89. The molecule has 1 aliphatic heterocycles. The second-order valence-corrected chi connectivity index (χ2v) is 7.79. The molecule has 1 aromatic carbocycles. The predicted molar refractivity (Wildman–Crippen MR) is 118 cm³/mol. The lowest BCUT2D eigenvalue weighted by atomic mass is 9.95. The van der Waals surface area contributed by atoms with Gasteiger partial charge in [0.2, 0.25) is 11.7 Å². The molecule has 1 fully saturated rings. The number of halogens is 1. The SMILES string of the molecule is COCCNC(=O)C1CCN(c2ncccc2-c2nc(-c3cccc(Cl)c3)no2)CC1. The minimum Gasteiger partial charge on any atom is -0.383 e. The summed E-state index contributed by atoms with van der Waals surface area (Å²) < 4.78 is 10.5. The largest absolute Gasteiger partial charge is 0.383 e. The summed E-state index contributed by atoms with van der Waals surface area (Å²) >= 11 is 6.08. The van der Waals surface area contributed by atoms with E-state index >= 15 is 0 Å². The molecule has 0 atom stereocenters. The Labute approximate surface area is 185 Å². The van der Waals surface area contributed by atoms with E-state index in [9.17, 15) is 4.79 Å². The molecule has 0 aliphatic carbocycles. The van der Waals surface area contributed by atoms with Gasteiger partial charge in [0, 0.05) is 49.4 Å². The molecule has 0 radical (unpaired) electrons. The molecule has 162 valence electrons. The molecule has 1 saturated heterocycles. The number of anilines is 1. The number of aromatic nitrogens is 3. The first kappa shape index (κ1) is 21.3. The van der Waals surface area contributed by atoms with Crippen LogP contribution in [0, 0.1) is 5.92 Å². The fourth-order valence-corrected chi connectivity index (χ4v) is 3.86. The minimum atomic E-state index is -0.00175. The average Bonchev–Trinajstić information content (AvgIpc) is 3.30. The number of nitrogens with one attached hydrogen (secondary N) is 1. The summed E-state index contributed by atoms with van der Waals surface area (Å²) in [7, 11) is 1.62. The number of methoxy groups -OCH3 is 1. The first-order valence-corrected chi connectivity index (χ1v) is 10.6. The number of amides is 1. The van der Waals surface area contributed by atoms with Crippen molar-refractivity contribution in [1.82, 2.24) is 20.4 Å². The summed E-state index contributed by atoms with van der Waals surface area (Å²) in [4.78, 5) is 23.6. The smallest absolute Gasteiger partial charge is 0.261 e. The molecule has 1 aliphatic rings. The first-order valence-electron chi connectivity index (χ1n) is 10.2. The van der Waals surface area contributed by atoms with Crippen molar-refractivity contribution in [2.24, 2.45) is 5.92 Å². The molecule has 0 unspecified atom stereocenters. The van der Waals surface area contributed by atoms with Gasteiger partial charge >= 0.3 is 0 Å². The van der Waals surface area contributed by atoms with Gasteiger partial charge < -0.3 is 19.5 Å². The highest BCUT2D eigenvalue weighted by molar-refractivity contribution is 6.30. The Bertz CT molecular complexity index is 1030. The zero-order valence-corrected chi connectivity index (χ0v) is 18.0. The number of piperidine rings is 1. The van der Waals surface area contributed by atoms with Gasteiger partial charge in [-0.05, 0) is 37.1 Å². The first-order chi connectivity index (χ1) is 15.2. The number of nitrogens with zero attached hydrogens (tertiary/aromatic N) is 4. The summed E-state index contributed by atoms with van der Waals surface area (Å²) in [6.07, 6.45) is 3.26. The zero-order valence-electron chi connectivity index (χ0n) is 17.3. The lowest BCUT2D eigenvalue weighted by molar-refractivity contribution is -0.125. The van der Waals surface area contributed by atoms with E-state index in [1.165, 1.54) is 0 Å². The molecule has 8 nitrogen and oxygen atoms in total. The molecular weight excluding hydrogens is 418 g/mol. The number of pyridine rings is 1. The van der Waals surface area contributed by atoms with Crippen molar-refractivity contribution in [2.45, 2.75) is 12.8 Å². The highest BCUT2D eigenvalue weighted by Crippen LogP contribution is 2.32. The van der Waals surface area contributed by atoms with Crippen LogP contribution in [0.15, 0.2) is 47.1 Å². The van der Waals surface area contributed by atoms with E-state index in [1.54, 1.807) is 25.4 Å². The number of hydrogen-bond acceptors (Lipinski definition) is 7. The predicted octanol–water partition coefficient (Wildman–Crippen LogP) is 3.43. The molecular formula is C22H24ClN5O3. The van der Waals surface area contributed by atoms with Gasteiger partial charge in [-0.1, -0.05) is 28.9 Å². The Morgan fingerprint density at radius 1 is 1.29 bits per heavy atom. The van der Waals surface area contributed by atoms with E-state index < -0.39 is 0 Å². The molecule has 2 aromatic heterocycles. The van der Waals surface area contributed by atoms with Crippen LogP contribution >= 0.6 is 11.6 Å². The van der Waals surface area contributed by atoms with Crippen LogP contribution in [0.2, 0.25) is 5.02 Å². The fourth-order valence-electron chi connectivity index (χ4n) is 3.67. The lowest BCUT2D eigenvalue weighted by Crippen LogP contribution is -2.41. The number of benzene rings is 1. The number of ether oxygens (including phenoxy) is 1. The van der Waals surface area contributed by atoms with Gasteiger partial charge in [-0.15, -0.1) is 0 Å². The Kier molecular flexibility index (Phi) is 6.79. The van der Waals surface area contributed by atoms with Crippen LogP contribution in [-0.2, 0) is 9.53 Å². The van der Waals surface area contributed by atoms with Crippen molar-refractivity contribution >= 4 is 23.3 Å². The summed E-state index contributed by atoms with van der Waals surface area (Å²) in [5, 5.41) is 7.64. The van der Waals surface area contributed by atoms with E-state index in [0.29, 0.717) is 29.9 Å². The van der Waals surface area contributed by atoms with Crippen molar-refractivity contribution in [3.05, 3.63) is 47.6 Å². The van der Waals surface area contributed by atoms with Gasteiger partial charge in [0.1, 0.15) is 5.82 Å². The molecule has 0 spiro atoms. The van der Waals surface area contributed by atoms with E-state index in [0.717, 1.165) is 42.9 Å². The number of hydrogen-bond donors (Lipinski definition) is 1. The molecule has 3 heterocycles. The topological polar surface area (TPSA) is 93.4 Å². The summed E-state index contributed by atoms with van der Waals surface area (Å²) in [5.74, 6) is 1.73. The van der Waals surface area contributed by atoms with Gasteiger partial charge in [0.05, 0.1) is 12.2 Å². The number of carbonyl (C=O) groups excluding carboxylic acids is 1. The maximum Gasteiger partial charge on any atom is 0.261 e. The van der Waals surface area contributed by atoms with Gasteiger partial charge in [-0.3, -0.25) is 4.79 Å². The van der Waals surface area contributed by atoms with Crippen molar-refractivity contribution < 1.29 is 14.1 Å². The summed E-state index contributed by atoms with van der Waals surface area (Å²) in [6, 6.07) is 11.1. The maximum absolute atomic E-state index is 12.3. The lowest BCUT2D eigenvalue weighted by Gasteiger charge is -2.32. The fraction of sp³-hybridized carbons (Fsp3) is 0.364. The van der Waals surface area contributed by atoms with Gasteiger partial charge in [0.25, 0.3) is 5.89 Å². The van der Waals surface area contributed by atoms with Crippen LogP contribution in [0.5, 0.6) is 0 Å². The monoisotopic (exact) mass is 441 g/mol. The normalized spacial score (nSPS) is 14.6. The molecule has 3 aromatic rings. The third kappa shape index (κ3) is 5.03. The third-order valence-corrected chi connectivity index (χ3v) is 5.53. The van der Waals surface area contributed by atoms with Gasteiger partial charge in [-0.25, -0.2) is 4.98 Å². The van der Waals surface area contributed by atoms with Crippen molar-refractivity contribution in [1.29, 1.82) is 0 Å². The molecule has 1 amide bonds. The van der Waals surface area contributed by atoms with Gasteiger partial charge in [-0.2, -0.15) is 4.98 Å². The van der Waals surface area contributed by atoms with E-state index in [1.807, 2.05) is 24.3 Å². The maximum atomic E-state index is 12.3. The molecule has 0 bridgehead atoms. The van der Waals surface area contributed by atoms with Crippen LogP contribution in [0.4, 0.5) is 5.82 Å². The molecule has 0 saturated carbocycles. The Morgan fingerprint density at radius 3 is 2.90 bits per heavy atom. The van der Waals surface area contributed by atoms with Crippen molar-refractivity contribution in [3.63, 3.8) is 0 Å². The van der Waals surface area contributed by atoms with Crippen LogP contribution in [-0.4, -0.2) is 54.4 Å². The quantitative estimate of drug-likeness (QED) is 0.561. The van der Waals surface area contributed by atoms with Crippen molar-refractivity contribution in [3.8, 4) is 22.8 Å². The molecule has 4 rings (SSSR count). The summed E-state index contributed by atoms with van der Waals surface area (Å²) in [5.41, 5.74) is 1.56. The summed E-state index contributed by atoms with van der Waals surface area (Å²) in [6.45, 7) is 2.50. The van der Waals surface area contributed by atoms with E-state index in [4.69, 9.17) is 20.9 Å². The third-order valence-electron chi connectivity index (χ3n) is 5.30. The molecule has 31 heavy (non-hydrogen) atoms. The van der Waals surface area contributed by atoms with Crippen LogP contribution in [0.3, 0.4) is 0 Å². The number of rotatable bonds is 7. The standard InChI is InChI=1S/C22H24ClN5O3/c1-30-13-10-25-21(29)15-7-11-28(12-8-15)20-18(6-3-9-24-20)22-26-19(27-31-22)16-4-2-5-17(23)14-16/h2-6,9,14-15H,7-8,10-13H2,1H3,(H,25,29). The van der Waals surface area contributed by atoms with Crippen molar-refractivity contribution in [2.75, 3.05) is 38.3 Å². The average molecular weight is 442 g/mol. The van der Waals surface area contributed by atoms with E-state index in [-0.39, 0.29) is 11.8 Å². The van der Waals surface area contributed by atoms with Crippen LogP contribution in [0.1, 0.15) is 12.8 Å². The van der Waals surface area contributed by atoms with Crippen LogP contribution in [0.25, 0.3) is 22.8 Å². The zero-order chi connectivity index (χ0) is 21.6. The van der Waals surface area contributed by atoms with E-state index in [2.05, 4.69) is 25.3 Å². The molecule has 9 heteroatoms. The second-order valence-electron chi connectivity index (χ2n) is 7.35. The van der Waals surface area contributed by atoms with Gasteiger partial charge in [0.15, 0.2) is 0 Å².